The number of rotatable bonds is 2. The van der Waals surface area contributed by atoms with E-state index in [9.17, 15) is 0 Å². The van der Waals surface area contributed by atoms with Gasteiger partial charge in [0.1, 0.15) is 0 Å². The molecule has 3 heterocycles. The molecule has 4 nitrogen and oxygen atoms in total. The zero-order valence-electron chi connectivity index (χ0n) is 15.1. The summed E-state index contributed by atoms with van der Waals surface area (Å²) in [7, 11) is 2.21. The Kier molecular flexibility index (Phi) is 4.17. The molecule has 0 radical (unpaired) electrons. The fourth-order valence-corrected chi connectivity index (χ4v) is 4.17. The summed E-state index contributed by atoms with van der Waals surface area (Å²) < 4.78 is 2.22. The molecule has 1 unspecified atom stereocenters. The lowest BCUT2D eigenvalue weighted by Crippen LogP contribution is -2.37. The van der Waals surface area contributed by atoms with E-state index in [0.29, 0.717) is 12.0 Å². The van der Waals surface area contributed by atoms with Crippen LogP contribution in [0.3, 0.4) is 0 Å². The molecule has 2 aromatic rings. The maximum absolute atomic E-state index is 4.93. The van der Waals surface area contributed by atoms with Gasteiger partial charge in [-0.05, 0) is 56.3 Å². The highest BCUT2D eigenvalue weighted by atomic mass is 15.3. The van der Waals surface area contributed by atoms with Crippen molar-refractivity contribution in [2.45, 2.75) is 39.2 Å². The number of nitrogens with zero attached hydrogens (tertiary/aromatic N) is 4. The lowest BCUT2D eigenvalue weighted by molar-refractivity contribution is 0.151. The molecule has 1 aromatic carbocycles. The second kappa shape index (κ2) is 6.32. The van der Waals surface area contributed by atoms with Gasteiger partial charge in [0.2, 0.25) is 0 Å². The Morgan fingerprint density at radius 2 is 2.04 bits per heavy atom. The van der Waals surface area contributed by atoms with Crippen molar-refractivity contribution in [1.29, 1.82) is 0 Å². The van der Waals surface area contributed by atoms with Gasteiger partial charge >= 0.3 is 0 Å². The first-order valence-electron chi connectivity index (χ1n) is 9.31. The molecule has 1 fully saturated rings. The van der Waals surface area contributed by atoms with Crippen LogP contribution in [-0.2, 0) is 0 Å². The lowest BCUT2D eigenvalue weighted by Gasteiger charge is -2.34. The Balaban J connectivity index is 1.62. The third-order valence-corrected chi connectivity index (χ3v) is 5.73. The number of fused-ring (bicyclic) bond motifs is 1. The standard InChI is InChI=1S/C20H28N4/c1-14-4-7-18(21-11-14)16-5-6-17-13-24(22-19(17)10-16)20-8-9-23(3)12-15(20)2/h5-6,10,13-15,20H,4,7-9,11-12H2,1-3H3/t14-,15+,20?/m0/s1. The Morgan fingerprint density at radius 3 is 2.79 bits per heavy atom. The van der Waals surface area contributed by atoms with E-state index in [-0.39, 0.29) is 0 Å². The second-order valence-corrected chi connectivity index (χ2v) is 7.91. The van der Waals surface area contributed by atoms with Crippen LogP contribution in [0, 0.1) is 11.8 Å². The monoisotopic (exact) mass is 324 g/mol. The molecular formula is C20H28N4. The molecule has 24 heavy (non-hydrogen) atoms. The van der Waals surface area contributed by atoms with E-state index in [1.54, 1.807) is 0 Å². The number of hydrogen-bond donors (Lipinski definition) is 0. The summed E-state index contributed by atoms with van der Waals surface area (Å²) in [5.74, 6) is 1.37. The highest BCUT2D eigenvalue weighted by molar-refractivity contribution is 6.03. The van der Waals surface area contributed by atoms with Gasteiger partial charge in [0, 0.05) is 30.4 Å². The second-order valence-electron chi connectivity index (χ2n) is 7.91. The van der Waals surface area contributed by atoms with E-state index >= 15 is 0 Å². The van der Waals surface area contributed by atoms with Gasteiger partial charge in [0.15, 0.2) is 0 Å². The average molecular weight is 324 g/mol. The Morgan fingerprint density at radius 1 is 1.17 bits per heavy atom. The van der Waals surface area contributed by atoms with Crippen LogP contribution >= 0.6 is 0 Å². The summed E-state index contributed by atoms with van der Waals surface area (Å²) in [4.78, 5) is 7.20. The quantitative estimate of drug-likeness (QED) is 0.842. The summed E-state index contributed by atoms with van der Waals surface area (Å²) >= 11 is 0. The van der Waals surface area contributed by atoms with E-state index in [1.165, 1.54) is 29.5 Å². The molecule has 4 rings (SSSR count). The number of likely N-dealkylation sites (tertiary alicyclic amines) is 1. The van der Waals surface area contributed by atoms with Crippen LogP contribution in [-0.4, -0.2) is 47.1 Å². The molecule has 0 N–H and O–H groups in total. The van der Waals surface area contributed by atoms with Crippen LogP contribution < -0.4 is 0 Å². The molecule has 128 valence electrons. The Hall–Kier alpha value is -1.68. The number of piperidine rings is 1. The van der Waals surface area contributed by atoms with Crippen LogP contribution in [0.2, 0.25) is 0 Å². The lowest BCUT2D eigenvalue weighted by atomic mass is 9.94. The first-order valence-corrected chi connectivity index (χ1v) is 9.31. The topological polar surface area (TPSA) is 33.4 Å². The zero-order valence-corrected chi connectivity index (χ0v) is 15.1. The van der Waals surface area contributed by atoms with Gasteiger partial charge < -0.3 is 4.90 Å². The van der Waals surface area contributed by atoms with Gasteiger partial charge in [-0.1, -0.05) is 26.0 Å². The molecule has 3 atom stereocenters. The van der Waals surface area contributed by atoms with Crippen LogP contribution in [0.5, 0.6) is 0 Å². The van der Waals surface area contributed by atoms with E-state index < -0.39 is 0 Å². The predicted molar refractivity (Wildman–Crippen MR) is 99.9 cm³/mol. The van der Waals surface area contributed by atoms with Crippen molar-refractivity contribution in [3.05, 3.63) is 30.0 Å². The van der Waals surface area contributed by atoms with Gasteiger partial charge in [0.25, 0.3) is 0 Å². The number of benzene rings is 1. The summed E-state index contributed by atoms with van der Waals surface area (Å²) in [5, 5.41) is 6.17. The van der Waals surface area contributed by atoms with Crippen molar-refractivity contribution < 1.29 is 0 Å². The van der Waals surface area contributed by atoms with Gasteiger partial charge in [-0.3, -0.25) is 9.67 Å². The number of aliphatic imine (C=N–C) groups is 1. The zero-order chi connectivity index (χ0) is 16.7. The van der Waals surface area contributed by atoms with E-state index in [0.717, 1.165) is 37.5 Å². The number of hydrogen-bond acceptors (Lipinski definition) is 3. The summed E-state index contributed by atoms with van der Waals surface area (Å²) in [6.45, 7) is 7.91. The Labute approximate surface area is 144 Å². The van der Waals surface area contributed by atoms with Crippen molar-refractivity contribution in [2.24, 2.45) is 16.8 Å². The molecule has 0 bridgehead atoms. The molecule has 1 aromatic heterocycles. The maximum Gasteiger partial charge on any atom is 0.0930 e. The molecule has 0 saturated carbocycles. The van der Waals surface area contributed by atoms with Gasteiger partial charge in [0.05, 0.1) is 11.6 Å². The first-order chi connectivity index (χ1) is 11.6. The highest BCUT2D eigenvalue weighted by Gasteiger charge is 2.26. The van der Waals surface area contributed by atoms with Crippen molar-refractivity contribution >= 4 is 16.6 Å². The van der Waals surface area contributed by atoms with E-state index in [1.807, 2.05) is 0 Å². The predicted octanol–water partition coefficient (Wildman–Crippen LogP) is 3.77. The summed E-state index contributed by atoms with van der Waals surface area (Å²) in [6, 6.07) is 7.19. The third kappa shape index (κ3) is 3.00. The summed E-state index contributed by atoms with van der Waals surface area (Å²) in [5.41, 5.74) is 3.63. The first kappa shape index (κ1) is 15.8. The normalized spacial score (nSPS) is 29.0. The van der Waals surface area contributed by atoms with Gasteiger partial charge in [-0.2, -0.15) is 5.10 Å². The molecule has 2 aliphatic rings. The van der Waals surface area contributed by atoms with Crippen LogP contribution in [0.1, 0.15) is 44.7 Å². The average Bonchev–Trinajstić information content (AvgIpc) is 2.98. The summed E-state index contributed by atoms with van der Waals surface area (Å²) in [6.07, 6.45) is 5.76. The van der Waals surface area contributed by atoms with Crippen LogP contribution in [0.15, 0.2) is 29.4 Å². The number of aromatic nitrogens is 2. The van der Waals surface area contributed by atoms with E-state index in [4.69, 9.17) is 10.1 Å². The smallest absolute Gasteiger partial charge is 0.0930 e. The van der Waals surface area contributed by atoms with Crippen molar-refractivity contribution in [2.75, 3.05) is 26.7 Å². The Bertz CT molecular complexity index is 760. The minimum absolute atomic E-state index is 0.518. The molecule has 0 aliphatic carbocycles. The molecule has 0 spiro atoms. The molecule has 1 saturated heterocycles. The molecular weight excluding hydrogens is 296 g/mol. The van der Waals surface area contributed by atoms with Gasteiger partial charge in [-0.15, -0.1) is 0 Å². The largest absolute Gasteiger partial charge is 0.306 e. The van der Waals surface area contributed by atoms with Crippen LogP contribution in [0.25, 0.3) is 10.9 Å². The fraction of sp³-hybridized carbons (Fsp3) is 0.600. The van der Waals surface area contributed by atoms with Crippen molar-refractivity contribution in [3.8, 4) is 0 Å². The maximum atomic E-state index is 4.93. The van der Waals surface area contributed by atoms with Crippen LogP contribution in [0.4, 0.5) is 0 Å². The van der Waals surface area contributed by atoms with E-state index in [2.05, 4.69) is 54.9 Å². The third-order valence-electron chi connectivity index (χ3n) is 5.73. The molecule has 4 heteroatoms. The van der Waals surface area contributed by atoms with Crippen molar-refractivity contribution in [3.63, 3.8) is 0 Å². The SMILES string of the molecule is C[C@H]1CCC(c2ccc3cn(C4CCN(C)C[C@H]4C)nc3c2)=NC1. The minimum Gasteiger partial charge on any atom is -0.306 e. The highest BCUT2D eigenvalue weighted by Crippen LogP contribution is 2.29. The van der Waals surface area contributed by atoms with Crippen molar-refractivity contribution in [1.82, 2.24) is 14.7 Å². The molecule has 2 aliphatic heterocycles. The minimum atomic E-state index is 0.518. The fourth-order valence-electron chi connectivity index (χ4n) is 4.17. The molecule has 0 amide bonds. The van der Waals surface area contributed by atoms with Gasteiger partial charge in [-0.25, -0.2) is 0 Å².